The van der Waals surface area contributed by atoms with E-state index in [-0.39, 0.29) is 43.0 Å². The Hall–Kier alpha value is -2.99. The fraction of sp³-hybridized carbons (Fsp3) is 0.600. The van der Waals surface area contributed by atoms with Gasteiger partial charge in [0, 0.05) is 46.1 Å². The van der Waals surface area contributed by atoms with Crippen LogP contribution in [0, 0.1) is 0 Å². The van der Waals surface area contributed by atoms with Crippen molar-refractivity contribution in [3.8, 4) is 0 Å². The molecule has 2 heterocycles. The van der Waals surface area contributed by atoms with E-state index in [1.165, 1.54) is 11.8 Å². The first kappa shape index (κ1) is 28.6. The molecule has 1 aromatic rings. The Labute approximate surface area is 217 Å². The summed E-state index contributed by atoms with van der Waals surface area (Å²) in [5.74, 6) is -2.35. The number of sulfonamides is 1. The van der Waals surface area contributed by atoms with Crippen LogP contribution in [0.4, 0.5) is 0 Å². The summed E-state index contributed by atoms with van der Waals surface area (Å²) in [5, 5.41) is 9.51. The zero-order valence-electron chi connectivity index (χ0n) is 21.3. The van der Waals surface area contributed by atoms with Gasteiger partial charge in [-0.05, 0) is 37.7 Å². The zero-order chi connectivity index (χ0) is 27.2. The van der Waals surface area contributed by atoms with Crippen LogP contribution in [-0.4, -0.2) is 96.7 Å². The molecule has 2 N–H and O–H groups in total. The molecular weight excluding hydrogens is 500 g/mol. The third-order valence-electron chi connectivity index (χ3n) is 7.14. The monoisotopic (exact) mass is 536 g/mol. The molecule has 2 saturated heterocycles. The molecule has 0 aliphatic carbocycles. The Balaban J connectivity index is 1.69. The predicted molar refractivity (Wildman–Crippen MR) is 136 cm³/mol. The Bertz CT molecular complexity index is 1090. The van der Waals surface area contributed by atoms with Crippen LogP contribution < -0.4 is 4.72 Å². The number of benzene rings is 1. The van der Waals surface area contributed by atoms with Gasteiger partial charge in [-0.1, -0.05) is 30.3 Å². The number of likely N-dealkylation sites (tertiary alicyclic amines) is 2. The molecule has 0 aromatic heterocycles. The van der Waals surface area contributed by atoms with Crippen molar-refractivity contribution in [3.63, 3.8) is 0 Å². The van der Waals surface area contributed by atoms with Gasteiger partial charge < -0.3 is 19.8 Å². The van der Waals surface area contributed by atoms with E-state index in [0.717, 1.165) is 0 Å². The van der Waals surface area contributed by atoms with E-state index in [2.05, 4.69) is 4.72 Å². The van der Waals surface area contributed by atoms with Crippen LogP contribution in [0.15, 0.2) is 30.3 Å². The number of hydrogen-bond donors (Lipinski definition) is 2. The first-order chi connectivity index (χ1) is 17.5. The van der Waals surface area contributed by atoms with Gasteiger partial charge in [-0.15, -0.1) is 0 Å². The van der Waals surface area contributed by atoms with Gasteiger partial charge in [-0.2, -0.15) is 0 Å². The molecule has 2 aliphatic heterocycles. The van der Waals surface area contributed by atoms with Gasteiger partial charge in [-0.25, -0.2) is 17.9 Å². The zero-order valence-corrected chi connectivity index (χ0v) is 22.2. The van der Waals surface area contributed by atoms with Gasteiger partial charge in [-0.3, -0.25) is 14.4 Å². The van der Waals surface area contributed by atoms with Crippen LogP contribution in [0.25, 0.3) is 0 Å². The van der Waals surface area contributed by atoms with Crippen LogP contribution in [0.3, 0.4) is 0 Å². The van der Waals surface area contributed by atoms with Crippen molar-refractivity contribution < 1.29 is 32.7 Å². The maximum atomic E-state index is 13.3. The standard InChI is InChI=1S/C25H36N4O7S/c1-18(30)28-15-12-20(13-16-28)27(2)23(31)11-10-21(24(32)29-14-6-9-22(29)25(33)34)26-37(35,36)17-19-7-4-3-5-8-19/h3-5,7-8,20-22,26H,6,9-17H2,1-2H3,(H,33,34)/t21-,22+/m1/s1. The van der Waals surface area contributed by atoms with E-state index >= 15 is 0 Å². The third kappa shape index (κ3) is 7.75. The molecule has 0 radical (unpaired) electrons. The molecule has 0 bridgehead atoms. The highest BCUT2D eigenvalue weighted by Crippen LogP contribution is 2.21. The molecule has 37 heavy (non-hydrogen) atoms. The van der Waals surface area contributed by atoms with Crippen molar-refractivity contribution in [3.05, 3.63) is 35.9 Å². The van der Waals surface area contributed by atoms with Crippen molar-refractivity contribution >= 4 is 33.7 Å². The Morgan fingerprint density at radius 1 is 1.08 bits per heavy atom. The van der Waals surface area contributed by atoms with Gasteiger partial charge in [0.15, 0.2) is 0 Å². The highest BCUT2D eigenvalue weighted by molar-refractivity contribution is 7.88. The van der Waals surface area contributed by atoms with E-state index in [1.807, 2.05) is 0 Å². The van der Waals surface area contributed by atoms with Crippen molar-refractivity contribution in [2.75, 3.05) is 26.7 Å². The van der Waals surface area contributed by atoms with Crippen LogP contribution in [0.1, 0.15) is 51.0 Å². The van der Waals surface area contributed by atoms with Crippen LogP contribution in [-0.2, 0) is 35.0 Å². The molecule has 1 aromatic carbocycles. The molecule has 204 valence electrons. The molecule has 0 unspecified atom stereocenters. The molecular formula is C25H36N4O7S. The van der Waals surface area contributed by atoms with Gasteiger partial charge in [0.25, 0.3) is 0 Å². The molecule has 2 atom stereocenters. The van der Waals surface area contributed by atoms with E-state index in [1.54, 1.807) is 47.2 Å². The molecule has 0 saturated carbocycles. The maximum absolute atomic E-state index is 13.3. The number of aliphatic carboxylic acids is 1. The Kier molecular flexibility index (Phi) is 9.66. The summed E-state index contributed by atoms with van der Waals surface area (Å²) in [4.78, 5) is 54.1. The number of piperidine rings is 1. The number of hydrogen-bond acceptors (Lipinski definition) is 6. The smallest absolute Gasteiger partial charge is 0.326 e. The summed E-state index contributed by atoms with van der Waals surface area (Å²) < 4.78 is 28.3. The summed E-state index contributed by atoms with van der Waals surface area (Å²) >= 11 is 0. The molecule has 0 spiro atoms. The molecule has 11 nitrogen and oxygen atoms in total. The minimum absolute atomic E-state index is 0.00171. The van der Waals surface area contributed by atoms with Crippen molar-refractivity contribution in [2.24, 2.45) is 0 Å². The van der Waals surface area contributed by atoms with Crippen LogP contribution in [0.2, 0.25) is 0 Å². The van der Waals surface area contributed by atoms with Crippen LogP contribution in [0.5, 0.6) is 0 Å². The SMILES string of the molecule is CC(=O)N1CCC(N(C)C(=O)CC[C@@H](NS(=O)(=O)Cc2ccccc2)C(=O)N2CCC[C@H]2C(=O)O)CC1. The molecule has 12 heteroatoms. The fourth-order valence-electron chi connectivity index (χ4n) is 4.99. The lowest BCUT2D eigenvalue weighted by Crippen LogP contribution is -2.52. The molecule has 2 aliphatic rings. The highest BCUT2D eigenvalue weighted by atomic mass is 32.2. The Morgan fingerprint density at radius 2 is 1.73 bits per heavy atom. The third-order valence-corrected chi connectivity index (χ3v) is 8.50. The summed E-state index contributed by atoms with van der Waals surface area (Å²) in [6.07, 6.45) is 1.91. The van der Waals surface area contributed by atoms with Crippen molar-refractivity contribution in [2.45, 2.75) is 69.3 Å². The maximum Gasteiger partial charge on any atom is 0.326 e. The first-order valence-electron chi connectivity index (χ1n) is 12.6. The number of nitrogens with one attached hydrogen (secondary N) is 1. The number of nitrogens with zero attached hydrogens (tertiary/aromatic N) is 3. The number of carbonyl (C=O) groups excluding carboxylic acids is 3. The topological polar surface area (TPSA) is 144 Å². The van der Waals surface area contributed by atoms with E-state index in [4.69, 9.17) is 0 Å². The van der Waals surface area contributed by atoms with Crippen molar-refractivity contribution in [1.29, 1.82) is 0 Å². The second kappa shape index (κ2) is 12.5. The summed E-state index contributed by atoms with van der Waals surface area (Å²) in [6.45, 7) is 2.85. The number of carboxylic acids is 1. The van der Waals surface area contributed by atoms with Gasteiger partial charge >= 0.3 is 5.97 Å². The normalized spacial score (nSPS) is 19.5. The minimum atomic E-state index is -3.96. The molecule has 3 amide bonds. The van der Waals surface area contributed by atoms with Crippen LogP contribution >= 0.6 is 0 Å². The van der Waals surface area contributed by atoms with E-state index in [9.17, 15) is 32.7 Å². The molecule has 2 fully saturated rings. The molecule has 3 rings (SSSR count). The van der Waals surface area contributed by atoms with Gasteiger partial charge in [0.1, 0.15) is 12.1 Å². The Morgan fingerprint density at radius 3 is 2.32 bits per heavy atom. The number of amides is 3. The number of carbonyl (C=O) groups is 4. The quantitative estimate of drug-likeness (QED) is 0.450. The van der Waals surface area contributed by atoms with Gasteiger partial charge in [0.05, 0.1) is 5.75 Å². The predicted octanol–water partition coefficient (Wildman–Crippen LogP) is 0.800. The minimum Gasteiger partial charge on any atom is -0.480 e. The fourth-order valence-corrected chi connectivity index (χ4v) is 6.35. The lowest BCUT2D eigenvalue weighted by atomic mass is 10.0. The summed E-state index contributed by atoms with van der Waals surface area (Å²) in [6, 6.07) is 6.18. The highest BCUT2D eigenvalue weighted by Gasteiger charge is 2.38. The summed E-state index contributed by atoms with van der Waals surface area (Å²) in [5.41, 5.74) is 0.540. The van der Waals surface area contributed by atoms with E-state index < -0.39 is 34.0 Å². The first-order valence-corrected chi connectivity index (χ1v) is 14.2. The number of rotatable bonds is 10. The average Bonchev–Trinajstić information content (AvgIpc) is 3.36. The van der Waals surface area contributed by atoms with Gasteiger partial charge in [0.2, 0.25) is 27.7 Å². The second-order valence-corrected chi connectivity index (χ2v) is 11.5. The lowest BCUT2D eigenvalue weighted by Gasteiger charge is -2.36. The largest absolute Gasteiger partial charge is 0.480 e. The van der Waals surface area contributed by atoms with E-state index in [0.29, 0.717) is 44.3 Å². The average molecular weight is 537 g/mol. The second-order valence-electron chi connectivity index (χ2n) is 9.72. The number of carboxylic acid groups (broad SMARTS) is 1. The lowest BCUT2D eigenvalue weighted by molar-refractivity contribution is -0.149. The summed E-state index contributed by atoms with van der Waals surface area (Å²) in [7, 11) is -2.28. The van der Waals surface area contributed by atoms with Crippen molar-refractivity contribution in [1.82, 2.24) is 19.4 Å².